The number of nitrogens with zero attached hydrogens (tertiary/aromatic N) is 3. The van der Waals surface area contributed by atoms with Gasteiger partial charge in [-0.15, -0.1) is 0 Å². The molecule has 2 aliphatic heterocycles. The van der Waals surface area contributed by atoms with Crippen LogP contribution in [0.3, 0.4) is 0 Å². The molecule has 4 nitrogen and oxygen atoms in total. The molecule has 1 aromatic heterocycles. The van der Waals surface area contributed by atoms with Crippen molar-refractivity contribution in [1.82, 2.24) is 9.88 Å². The SMILES string of the molecule is Cc1cccc2cc(/C=C3\SC(=S)N(C4CCCC4)C3=O)c(N3CCCCC3)nc12. The molecule has 6 heteroatoms. The Morgan fingerprint density at radius 3 is 2.67 bits per heavy atom. The van der Waals surface area contributed by atoms with Gasteiger partial charge in [-0.1, -0.05) is 55.0 Å². The highest BCUT2D eigenvalue weighted by atomic mass is 32.2. The Bertz CT molecular complexity index is 1040. The van der Waals surface area contributed by atoms with Crippen LogP contribution in [0.4, 0.5) is 5.82 Å². The number of pyridine rings is 1. The molecule has 3 heterocycles. The molecule has 1 saturated carbocycles. The van der Waals surface area contributed by atoms with E-state index in [1.54, 1.807) is 0 Å². The summed E-state index contributed by atoms with van der Waals surface area (Å²) >= 11 is 7.05. The molecule has 0 radical (unpaired) electrons. The van der Waals surface area contributed by atoms with E-state index in [9.17, 15) is 4.79 Å². The third-order valence-corrected chi connectivity index (χ3v) is 7.84. The second kappa shape index (κ2) is 8.31. The third kappa shape index (κ3) is 3.65. The molecular formula is C24H27N3OS2. The summed E-state index contributed by atoms with van der Waals surface area (Å²) < 4.78 is 0.710. The summed E-state index contributed by atoms with van der Waals surface area (Å²) in [6, 6.07) is 8.77. The average Bonchev–Trinajstić information content (AvgIpc) is 3.36. The van der Waals surface area contributed by atoms with Gasteiger partial charge < -0.3 is 4.90 Å². The van der Waals surface area contributed by atoms with Crippen molar-refractivity contribution in [2.45, 2.75) is 57.9 Å². The number of benzene rings is 1. The molecule has 30 heavy (non-hydrogen) atoms. The van der Waals surface area contributed by atoms with Gasteiger partial charge in [-0.25, -0.2) is 4.98 Å². The van der Waals surface area contributed by atoms with Crippen molar-refractivity contribution >= 4 is 57.0 Å². The molecule has 2 saturated heterocycles. The number of para-hydroxylation sites is 1. The van der Waals surface area contributed by atoms with Crippen LogP contribution in [-0.2, 0) is 4.79 Å². The van der Waals surface area contributed by atoms with Crippen LogP contribution in [0.2, 0.25) is 0 Å². The van der Waals surface area contributed by atoms with Crippen molar-refractivity contribution < 1.29 is 4.79 Å². The zero-order chi connectivity index (χ0) is 20.7. The standard InChI is InChI=1S/C24H27N3OS2/c1-16-8-7-9-17-14-18(22(25-21(16)17)26-12-5-2-6-13-26)15-20-23(28)27(24(29)30-20)19-10-3-4-11-19/h7-9,14-15,19H,2-6,10-13H2,1H3/b20-15-. The Hall–Kier alpha value is -1.92. The Morgan fingerprint density at radius 1 is 1.13 bits per heavy atom. The zero-order valence-electron chi connectivity index (χ0n) is 17.4. The number of carbonyl (C=O) groups is 1. The fraction of sp³-hybridized carbons (Fsp3) is 0.458. The number of thioether (sulfide) groups is 1. The van der Waals surface area contributed by atoms with Gasteiger partial charge in [0.2, 0.25) is 0 Å². The number of aromatic nitrogens is 1. The van der Waals surface area contributed by atoms with E-state index in [1.165, 1.54) is 49.4 Å². The van der Waals surface area contributed by atoms with Gasteiger partial charge in [0, 0.05) is 30.1 Å². The average molecular weight is 438 g/mol. The molecule has 2 aromatic rings. The minimum atomic E-state index is 0.0748. The van der Waals surface area contributed by atoms with Crippen molar-refractivity contribution in [1.29, 1.82) is 0 Å². The highest BCUT2D eigenvalue weighted by Crippen LogP contribution is 2.39. The lowest BCUT2D eigenvalue weighted by atomic mass is 10.1. The minimum Gasteiger partial charge on any atom is -0.356 e. The molecule has 1 aromatic carbocycles. The molecule has 5 rings (SSSR count). The van der Waals surface area contributed by atoms with Crippen LogP contribution in [0.5, 0.6) is 0 Å². The summed E-state index contributed by atoms with van der Waals surface area (Å²) in [5.74, 6) is 1.08. The quantitative estimate of drug-likeness (QED) is 0.456. The number of thiocarbonyl (C=S) groups is 1. The van der Waals surface area contributed by atoms with Gasteiger partial charge in [-0.05, 0) is 56.7 Å². The number of piperidine rings is 1. The molecule has 3 fully saturated rings. The lowest BCUT2D eigenvalue weighted by molar-refractivity contribution is -0.123. The van der Waals surface area contributed by atoms with Crippen molar-refractivity contribution in [3.63, 3.8) is 0 Å². The number of carbonyl (C=O) groups excluding carboxylic acids is 1. The van der Waals surface area contributed by atoms with E-state index in [0.717, 1.165) is 53.1 Å². The zero-order valence-corrected chi connectivity index (χ0v) is 19.0. The van der Waals surface area contributed by atoms with Crippen LogP contribution >= 0.6 is 24.0 Å². The molecule has 0 atom stereocenters. The summed E-state index contributed by atoms with van der Waals surface area (Å²) in [5.41, 5.74) is 3.26. The second-order valence-electron chi connectivity index (χ2n) is 8.59. The molecule has 0 spiro atoms. The van der Waals surface area contributed by atoms with Crippen LogP contribution in [0, 0.1) is 6.92 Å². The van der Waals surface area contributed by atoms with E-state index in [0.29, 0.717) is 4.32 Å². The minimum absolute atomic E-state index is 0.0748. The van der Waals surface area contributed by atoms with E-state index in [-0.39, 0.29) is 11.9 Å². The van der Waals surface area contributed by atoms with E-state index >= 15 is 0 Å². The maximum absolute atomic E-state index is 13.2. The summed E-state index contributed by atoms with van der Waals surface area (Å²) in [7, 11) is 0. The third-order valence-electron chi connectivity index (χ3n) is 6.51. The first-order valence-electron chi connectivity index (χ1n) is 11.0. The number of aryl methyl sites for hydroxylation is 1. The number of hydrogen-bond donors (Lipinski definition) is 0. The van der Waals surface area contributed by atoms with Crippen molar-refractivity contribution in [2.24, 2.45) is 0 Å². The molecular weight excluding hydrogens is 410 g/mol. The van der Waals surface area contributed by atoms with E-state index in [1.807, 2.05) is 11.0 Å². The summed E-state index contributed by atoms with van der Waals surface area (Å²) in [6.45, 7) is 4.16. The Labute approximate surface area is 187 Å². The number of rotatable bonds is 3. The number of amides is 1. The molecule has 0 unspecified atom stereocenters. The van der Waals surface area contributed by atoms with Crippen LogP contribution in [0.15, 0.2) is 29.2 Å². The largest absolute Gasteiger partial charge is 0.356 e. The molecule has 1 amide bonds. The van der Waals surface area contributed by atoms with Crippen LogP contribution < -0.4 is 4.90 Å². The lowest BCUT2D eigenvalue weighted by Gasteiger charge is -2.29. The predicted octanol–water partition coefficient (Wildman–Crippen LogP) is 5.68. The number of hydrogen-bond acceptors (Lipinski definition) is 5. The smallest absolute Gasteiger partial charge is 0.266 e. The monoisotopic (exact) mass is 437 g/mol. The van der Waals surface area contributed by atoms with Crippen molar-refractivity contribution in [3.8, 4) is 0 Å². The maximum Gasteiger partial charge on any atom is 0.266 e. The van der Waals surface area contributed by atoms with Gasteiger partial charge in [-0.3, -0.25) is 9.69 Å². The second-order valence-corrected chi connectivity index (χ2v) is 10.3. The van der Waals surface area contributed by atoms with Gasteiger partial charge >= 0.3 is 0 Å². The van der Waals surface area contributed by atoms with Crippen molar-refractivity contribution in [2.75, 3.05) is 18.0 Å². The fourth-order valence-corrected chi connectivity index (χ4v) is 6.31. The van der Waals surface area contributed by atoms with E-state index in [4.69, 9.17) is 17.2 Å². The first kappa shape index (κ1) is 20.0. The Morgan fingerprint density at radius 2 is 1.90 bits per heavy atom. The van der Waals surface area contributed by atoms with Gasteiger partial charge in [0.1, 0.15) is 10.1 Å². The fourth-order valence-electron chi connectivity index (χ4n) is 4.92. The lowest BCUT2D eigenvalue weighted by Crippen LogP contribution is -2.36. The normalized spacial score (nSPS) is 22.1. The maximum atomic E-state index is 13.2. The summed E-state index contributed by atoms with van der Waals surface area (Å²) in [6.07, 6.45) is 10.2. The molecule has 0 bridgehead atoms. The molecule has 0 N–H and O–H groups in total. The van der Waals surface area contributed by atoms with Crippen molar-refractivity contribution in [3.05, 3.63) is 40.3 Å². The predicted molar refractivity (Wildman–Crippen MR) is 130 cm³/mol. The van der Waals surface area contributed by atoms with Crippen LogP contribution in [0.25, 0.3) is 17.0 Å². The number of fused-ring (bicyclic) bond motifs is 1. The highest BCUT2D eigenvalue weighted by Gasteiger charge is 2.38. The highest BCUT2D eigenvalue weighted by molar-refractivity contribution is 8.26. The summed E-state index contributed by atoms with van der Waals surface area (Å²) in [4.78, 5) is 23.3. The Kier molecular flexibility index (Phi) is 5.54. The first-order chi connectivity index (χ1) is 14.6. The van der Waals surface area contributed by atoms with Crippen LogP contribution in [0.1, 0.15) is 56.1 Å². The van der Waals surface area contributed by atoms with Gasteiger partial charge in [-0.2, -0.15) is 0 Å². The van der Waals surface area contributed by atoms with E-state index < -0.39 is 0 Å². The number of anilines is 1. The molecule has 156 valence electrons. The first-order valence-corrected chi connectivity index (χ1v) is 12.3. The van der Waals surface area contributed by atoms with Gasteiger partial charge in [0.25, 0.3) is 5.91 Å². The van der Waals surface area contributed by atoms with Gasteiger partial charge in [0.05, 0.1) is 10.4 Å². The van der Waals surface area contributed by atoms with Gasteiger partial charge in [0.15, 0.2) is 0 Å². The van der Waals surface area contributed by atoms with E-state index in [2.05, 4.69) is 36.1 Å². The molecule has 1 aliphatic carbocycles. The molecule has 3 aliphatic rings. The summed E-state index contributed by atoms with van der Waals surface area (Å²) in [5, 5.41) is 1.12. The van der Waals surface area contributed by atoms with Crippen LogP contribution in [-0.4, -0.2) is 39.2 Å². The topological polar surface area (TPSA) is 36.4 Å². The Balaban J connectivity index is 1.57.